The summed E-state index contributed by atoms with van der Waals surface area (Å²) in [4.78, 5) is 25.1. The molecule has 0 amide bonds. The van der Waals surface area contributed by atoms with Crippen LogP contribution in [0.3, 0.4) is 0 Å². The second-order valence-corrected chi connectivity index (χ2v) is 13.1. The Bertz CT molecular complexity index is 960. The van der Waals surface area contributed by atoms with E-state index in [0.717, 1.165) is 57.8 Å². The summed E-state index contributed by atoms with van der Waals surface area (Å²) in [5.74, 6) is -0.840. The average molecular weight is 709 g/mol. The summed E-state index contributed by atoms with van der Waals surface area (Å²) in [7, 11) is 0. The minimum Gasteiger partial charge on any atom is -0.462 e. The molecule has 1 heterocycles. The molecule has 0 aromatic carbocycles. The number of allylic oxidation sites excluding steroid dienone is 8. The number of ether oxygens (including phenoxy) is 4. The summed E-state index contributed by atoms with van der Waals surface area (Å²) in [5.41, 5.74) is 0. The highest BCUT2D eigenvalue weighted by atomic mass is 16.7. The molecular weight excluding hydrogens is 640 g/mol. The van der Waals surface area contributed by atoms with Gasteiger partial charge in [0, 0.05) is 12.8 Å². The van der Waals surface area contributed by atoms with Gasteiger partial charge in [-0.15, -0.1) is 0 Å². The van der Waals surface area contributed by atoms with E-state index < -0.39 is 49.4 Å². The second kappa shape index (κ2) is 31.4. The third kappa shape index (κ3) is 23.2. The molecule has 0 radical (unpaired) electrons. The molecule has 0 aromatic rings. The molecule has 288 valence electrons. The Labute approximate surface area is 301 Å². The first kappa shape index (κ1) is 45.7. The molecule has 1 rings (SSSR count). The van der Waals surface area contributed by atoms with Gasteiger partial charge in [-0.25, -0.2) is 0 Å². The Hall–Kier alpha value is -2.34. The van der Waals surface area contributed by atoms with Crippen LogP contribution in [0.5, 0.6) is 0 Å². The van der Waals surface area contributed by atoms with Gasteiger partial charge in [0.25, 0.3) is 0 Å². The molecule has 50 heavy (non-hydrogen) atoms. The molecule has 0 spiro atoms. The average Bonchev–Trinajstić information content (AvgIpc) is 3.11. The van der Waals surface area contributed by atoms with Gasteiger partial charge in [0.1, 0.15) is 31.0 Å². The molecule has 6 atom stereocenters. The summed E-state index contributed by atoms with van der Waals surface area (Å²) in [5, 5.41) is 39.9. The van der Waals surface area contributed by atoms with Crippen LogP contribution in [0.15, 0.2) is 48.6 Å². The molecule has 10 nitrogen and oxygen atoms in total. The van der Waals surface area contributed by atoms with Crippen LogP contribution in [-0.4, -0.2) is 89.0 Å². The molecule has 0 aliphatic carbocycles. The van der Waals surface area contributed by atoms with E-state index in [1.807, 2.05) is 30.4 Å². The monoisotopic (exact) mass is 708 g/mol. The molecule has 10 heteroatoms. The van der Waals surface area contributed by atoms with E-state index in [1.165, 1.54) is 44.9 Å². The lowest BCUT2D eigenvalue weighted by molar-refractivity contribution is -0.305. The van der Waals surface area contributed by atoms with Crippen molar-refractivity contribution in [1.82, 2.24) is 0 Å². The number of esters is 2. The largest absolute Gasteiger partial charge is 0.462 e. The first-order valence-corrected chi connectivity index (χ1v) is 19.3. The smallest absolute Gasteiger partial charge is 0.306 e. The number of hydrogen-bond donors (Lipinski definition) is 4. The third-order valence-electron chi connectivity index (χ3n) is 8.57. The number of hydrogen-bond acceptors (Lipinski definition) is 10. The Morgan fingerprint density at radius 3 is 1.78 bits per heavy atom. The quantitative estimate of drug-likeness (QED) is 0.0351. The Kier molecular flexibility index (Phi) is 28.7. The lowest BCUT2D eigenvalue weighted by atomic mass is 9.99. The number of carbonyl (C=O) groups is 2. The van der Waals surface area contributed by atoms with E-state index >= 15 is 0 Å². The van der Waals surface area contributed by atoms with Crippen molar-refractivity contribution in [3.8, 4) is 0 Å². The van der Waals surface area contributed by atoms with Crippen LogP contribution in [0.25, 0.3) is 0 Å². The first-order chi connectivity index (χ1) is 24.3. The summed E-state index contributed by atoms with van der Waals surface area (Å²) < 4.78 is 22.0. The Morgan fingerprint density at radius 1 is 0.640 bits per heavy atom. The highest BCUT2D eigenvalue weighted by molar-refractivity contribution is 5.70. The molecule has 1 aliphatic heterocycles. The van der Waals surface area contributed by atoms with E-state index in [9.17, 15) is 30.0 Å². The summed E-state index contributed by atoms with van der Waals surface area (Å²) >= 11 is 0. The fraction of sp³-hybridized carbons (Fsp3) is 0.750. The van der Waals surface area contributed by atoms with Crippen molar-refractivity contribution in [3.63, 3.8) is 0 Å². The number of aliphatic hydroxyl groups is 4. The summed E-state index contributed by atoms with van der Waals surface area (Å²) in [6.07, 6.45) is 26.9. The molecule has 0 saturated carbocycles. The molecule has 4 N–H and O–H groups in total. The van der Waals surface area contributed by atoms with Crippen LogP contribution in [-0.2, 0) is 28.5 Å². The van der Waals surface area contributed by atoms with Crippen LogP contribution in [0.4, 0.5) is 0 Å². The van der Waals surface area contributed by atoms with Crippen molar-refractivity contribution >= 4 is 11.9 Å². The molecule has 1 saturated heterocycles. The second-order valence-electron chi connectivity index (χ2n) is 13.1. The highest BCUT2D eigenvalue weighted by Crippen LogP contribution is 2.22. The lowest BCUT2D eigenvalue weighted by Gasteiger charge is -2.39. The minimum atomic E-state index is -1.60. The summed E-state index contributed by atoms with van der Waals surface area (Å²) in [6, 6.07) is 0. The standard InChI is InChI=1S/C40H68O10/c1-3-5-7-9-11-13-15-16-17-18-19-21-23-25-27-29-36(43)49-33(32-48-40-39(46)38(45)37(44)34(30-41)50-40)31-47-35(42)28-26-24-22-20-14-12-10-8-6-4-2/h5,7,9,11,13,15-17,33-34,37-41,44-46H,3-4,6,8,10,12,14,18-32H2,1-2H3/b7-5+,11-9+,15-13+,17-16+/t33-,34-,37+,38?,39?,40-/m1/s1. The van der Waals surface area contributed by atoms with Crippen LogP contribution < -0.4 is 0 Å². The zero-order valence-corrected chi connectivity index (χ0v) is 30.9. The normalized spacial score (nSPS) is 21.9. The number of carbonyl (C=O) groups excluding carboxylic acids is 2. The van der Waals surface area contributed by atoms with Gasteiger partial charge in [-0.05, 0) is 32.1 Å². The fourth-order valence-corrected chi connectivity index (χ4v) is 5.49. The molecule has 1 fully saturated rings. The molecule has 0 aromatic heterocycles. The van der Waals surface area contributed by atoms with Crippen molar-refractivity contribution in [3.05, 3.63) is 48.6 Å². The van der Waals surface area contributed by atoms with Crippen LogP contribution >= 0.6 is 0 Å². The third-order valence-corrected chi connectivity index (χ3v) is 8.57. The number of aliphatic hydroxyl groups excluding tert-OH is 4. The van der Waals surface area contributed by atoms with E-state index in [1.54, 1.807) is 0 Å². The van der Waals surface area contributed by atoms with E-state index in [-0.39, 0.29) is 32.0 Å². The zero-order chi connectivity index (χ0) is 36.7. The summed E-state index contributed by atoms with van der Waals surface area (Å²) in [6.45, 7) is 3.22. The van der Waals surface area contributed by atoms with Crippen LogP contribution in [0.1, 0.15) is 136 Å². The fourth-order valence-electron chi connectivity index (χ4n) is 5.49. The van der Waals surface area contributed by atoms with Crippen molar-refractivity contribution in [2.24, 2.45) is 0 Å². The van der Waals surface area contributed by atoms with Crippen LogP contribution in [0.2, 0.25) is 0 Å². The highest BCUT2D eigenvalue weighted by Gasteiger charge is 2.44. The van der Waals surface area contributed by atoms with E-state index in [4.69, 9.17) is 18.9 Å². The molecule has 2 unspecified atom stereocenters. The van der Waals surface area contributed by atoms with Crippen molar-refractivity contribution < 1.29 is 49.0 Å². The molecule has 1 aliphatic rings. The maximum Gasteiger partial charge on any atom is 0.306 e. The predicted molar refractivity (Wildman–Crippen MR) is 196 cm³/mol. The van der Waals surface area contributed by atoms with Gasteiger partial charge < -0.3 is 39.4 Å². The van der Waals surface area contributed by atoms with Crippen molar-refractivity contribution in [2.75, 3.05) is 19.8 Å². The van der Waals surface area contributed by atoms with Crippen molar-refractivity contribution in [1.29, 1.82) is 0 Å². The minimum absolute atomic E-state index is 0.203. The Morgan fingerprint density at radius 2 is 1.18 bits per heavy atom. The maximum absolute atomic E-state index is 12.7. The molecular formula is C40H68O10. The van der Waals surface area contributed by atoms with E-state index in [2.05, 4.69) is 32.1 Å². The van der Waals surface area contributed by atoms with Crippen LogP contribution in [0, 0.1) is 0 Å². The van der Waals surface area contributed by atoms with Gasteiger partial charge in [-0.1, -0.05) is 140 Å². The zero-order valence-electron chi connectivity index (χ0n) is 30.9. The molecule has 0 bridgehead atoms. The van der Waals surface area contributed by atoms with Gasteiger partial charge in [0.2, 0.25) is 0 Å². The van der Waals surface area contributed by atoms with Gasteiger partial charge in [-0.2, -0.15) is 0 Å². The SMILES string of the molecule is CC/C=C/C=C/C=C/C=C/CCCCCCCC(=O)O[C@H](COC(=O)CCCCCCCCCCCC)CO[C@@H]1O[C@H](CO)[C@H](O)C(O)C1O. The van der Waals surface area contributed by atoms with Gasteiger partial charge in [0.05, 0.1) is 13.2 Å². The lowest BCUT2D eigenvalue weighted by Crippen LogP contribution is -2.59. The van der Waals surface area contributed by atoms with Crippen molar-refractivity contribution in [2.45, 2.75) is 173 Å². The first-order valence-electron chi connectivity index (χ1n) is 19.3. The van der Waals surface area contributed by atoms with Gasteiger partial charge in [0.15, 0.2) is 12.4 Å². The van der Waals surface area contributed by atoms with Gasteiger partial charge >= 0.3 is 11.9 Å². The predicted octanol–water partition coefficient (Wildman–Crippen LogP) is 6.93. The van der Waals surface area contributed by atoms with E-state index in [0.29, 0.717) is 6.42 Å². The Balaban J connectivity index is 2.42. The maximum atomic E-state index is 12.7. The topological polar surface area (TPSA) is 152 Å². The van der Waals surface area contributed by atoms with Gasteiger partial charge in [-0.3, -0.25) is 9.59 Å². The number of unbranched alkanes of at least 4 members (excludes halogenated alkanes) is 14. The number of rotatable bonds is 30.